The second kappa shape index (κ2) is 7.78. The highest BCUT2D eigenvalue weighted by Crippen LogP contribution is 2.27. The fourth-order valence-electron chi connectivity index (χ4n) is 2.72. The summed E-state index contributed by atoms with van der Waals surface area (Å²) in [6.45, 7) is 1.84. The number of aromatic nitrogens is 3. The average molecular weight is 413 g/mol. The van der Waals surface area contributed by atoms with Crippen LogP contribution in [0.1, 0.15) is 21.7 Å². The van der Waals surface area contributed by atoms with E-state index >= 15 is 0 Å². The molecular formula is C18H15F4N3O2S. The highest BCUT2D eigenvalue weighted by atomic mass is 32.2. The monoisotopic (exact) mass is 413 g/mol. The smallest absolute Gasteiger partial charge is 0.406 e. The van der Waals surface area contributed by atoms with Gasteiger partial charge in [0, 0.05) is 17.0 Å². The van der Waals surface area contributed by atoms with Crippen LogP contribution in [-0.2, 0) is 6.54 Å². The second-order valence-corrected chi connectivity index (χ2v) is 6.98. The maximum atomic E-state index is 13.8. The Hall–Kier alpha value is -2.62. The number of thioether (sulfide) groups is 1. The lowest BCUT2D eigenvalue weighted by Crippen LogP contribution is -2.19. The average Bonchev–Trinajstić information content (AvgIpc) is 3.19. The van der Waals surface area contributed by atoms with Gasteiger partial charge in [0.2, 0.25) is 0 Å². The van der Waals surface area contributed by atoms with Crippen molar-refractivity contribution in [1.29, 1.82) is 0 Å². The molecule has 148 valence electrons. The third kappa shape index (κ3) is 4.44. The molecule has 1 aromatic carbocycles. The van der Waals surface area contributed by atoms with Gasteiger partial charge in [-0.25, -0.2) is 4.39 Å². The van der Waals surface area contributed by atoms with Crippen molar-refractivity contribution < 1.29 is 26.8 Å². The first-order valence-electron chi connectivity index (χ1n) is 8.13. The summed E-state index contributed by atoms with van der Waals surface area (Å²) in [5, 5.41) is 7.59. The van der Waals surface area contributed by atoms with E-state index in [-0.39, 0.29) is 39.5 Å². The van der Waals surface area contributed by atoms with Crippen molar-refractivity contribution in [1.82, 2.24) is 14.8 Å². The molecule has 5 nitrogen and oxygen atoms in total. The summed E-state index contributed by atoms with van der Waals surface area (Å²) in [7, 11) is 0. The number of alkyl halides is 3. The molecule has 0 atom stereocenters. The Balaban J connectivity index is 1.70. The Labute approximate surface area is 161 Å². The van der Waals surface area contributed by atoms with Crippen LogP contribution < -0.4 is 0 Å². The van der Waals surface area contributed by atoms with E-state index < -0.39 is 18.5 Å². The first kappa shape index (κ1) is 20.1. The number of halogens is 4. The summed E-state index contributed by atoms with van der Waals surface area (Å²) in [4.78, 5) is 12.4. The van der Waals surface area contributed by atoms with E-state index in [0.29, 0.717) is 5.69 Å². The Bertz CT molecular complexity index is 1010. The highest BCUT2D eigenvalue weighted by Gasteiger charge is 2.30. The summed E-state index contributed by atoms with van der Waals surface area (Å²) in [5.41, 5.74) is 0.952. The van der Waals surface area contributed by atoms with Crippen LogP contribution >= 0.6 is 11.8 Å². The molecule has 0 radical (unpaired) electrons. The van der Waals surface area contributed by atoms with Gasteiger partial charge in [0.05, 0.1) is 11.3 Å². The molecule has 0 aliphatic carbocycles. The minimum absolute atomic E-state index is 0.0172. The van der Waals surface area contributed by atoms with Gasteiger partial charge < -0.3 is 8.98 Å². The van der Waals surface area contributed by atoms with Crippen LogP contribution in [0.4, 0.5) is 17.6 Å². The zero-order valence-corrected chi connectivity index (χ0v) is 15.7. The zero-order valence-electron chi connectivity index (χ0n) is 14.9. The van der Waals surface area contributed by atoms with Crippen LogP contribution in [0.2, 0.25) is 0 Å². The first-order chi connectivity index (χ1) is 13.2. The van der Waals surface area contributed by atoms with Gasteiger partial charge in [-0.15, -0.1) is 10.2 Å². The maximum absolute atomic E-state index is 13.8. The number of benzene rings is 1. The summed E-state index contributed by atoms with van der Waals surface area (Å²) in [6, 6.07) is 7.32. The lowest BCUT2D eigenvalue weighted by atomic mass is 10.2. The largest absolute Gasteiger partial charge is 0.411 e. The zero-order chi connectivity index (χ0) is 20.5. The fourth-order valence-corrected chi connectivity index (χ4v) is 3.37. The predicted molar refractivity (Wildman–Crippen MR) is 94.7 cm³/mol. The molecule has 0 spiro atoms. The Morgan fingerprint density at radius 2 is 1.93 bits per heavy atom. The lowest BCUT2D eigenvalue weighted by Gasteiger charge is -2.12. The molecule has 0 aliphatic rings. The third-order valence-corrected chi connectivity index (χ3v) is 4.87. The van der Waals surface area contributed by atoms with E-state index in [2.05, 4.69) is 10.2 Å². The molecule has 3 rings (SSSR count). The topological polar surface area (TPSA) is 60.9 Å². The van der Waals surface area contributed by atoms with Crippen LogP contribution in [0.3, 0.4) is 0 Å². The fraction of sp³-hybridized carbons (Fsp3) is 0.278. The van der Waals surface area contributed by atoms with E-state index in [1.807, 2.05) is 0 Å². The molecule has 28 heavy (non-hydrogen) atoms. The molecule has 3 aromatic rings. The van der Waals surface area contributed by atoms with Gasteiger partial charge in [-0.3, -0.25) is 4.79 Å². The first-order valence-corrected chi connectivity index (χ1v) is 9.12. The summed E-state index contributed by atoms with van der Waals surface area (Å²) < 4.78 is 58.2. The summed E-state index contributed by atoms with van der Waals surface area (Å²) >= 11 is 0.938. The van der Waals surface area contributed by atoms with Gasteiger partial charge in [-0.2, -0.15) is 13.2 Å². The number of Topliss-reactive ketones (excluding diaryl/α,β-unsaturated/α-hetero) is 1. The summed E-state index contributed by atoms with van der Waals surface area (Å²) in [6.07, 6.45) is -4.38. The van der Waals surface area contributed by atoms with Crippen molar-refractivity contribution in [2.75, 3.05) is 5.75 Å². The molecule has 0 unspecified atom stereocenters. The highest BCUT2D eigenvalue weighted by molar-refractivity contribution is 7.99. The molecule has 0 saturated heterocycles. The van der Waals surface area contributed by atoms with E-state index in [9.17, 15) is 22.4 Å². The van der Waals surface area contributed by atoms with Crippen molar-refractivity contribution in [2.24, 2.45) is 0 Å². The van der Waals surface area contributed by atoms with Gasteiger partial charge in [-0.1, -0.05) is 23.9 Å². The lowest BCUT2D eigenvalue weighted by molar-refractivity contribution is -0.141. The number of ketones is 1. The van der Waals surface area contributed by atoms with E-state index in [4.69, 9.17) is 4.42 Å². The Morgan fingerprint density at radius 3 is 2.61 bits per heavy atom. The standard InChI is InChI=1S/C18H15F4N3O2S/c1-10-7-13(11(2)25(10)9-18(20,21)22)15(26)8-28-17-24-23-16(27-17)12-5-3-4-6-14(12)19/h3-7H,8-9H2,1-2H3. The molecule has 0 saturated carbocycles. The SMILES string of the molecule is Cc1cc(C(=O)CSc2nnc(-c3ccccc3F)o2)c(C)n1CC(F)(F)F. The van der Waals surface area contributed by atoms with Gasteiger partial charge >= 0.3 is 6.18 Å². The maximum Gasteiger partial charge on any atom is 0.406 e. The predicted octanol–water partition coefficient (Wildman–Crippen LogP) is 4.83. The number of hydrogen-bond acceptors (Lipinski definition) is 5. The van der Waals surface area contributed by atoms with Crippen molar-refractivity contribution in [3.63, 3.8) is 0 Å². The van der Waals surface area contributed by atoms with Crippen LogP contribution in [0.15, 0.2) is 40.0 Å². The van der Waals surface area contributed by atoms with Crippen LogP contribution in [-0.4, -0.2) is 32.5 Å². The van der Waals surface area contributed by atoms with Gasteiger partial charge in [-0.05, 0) is 32.0 Å². The van der Waals surface area contributed by atoms with E-state index in [1.54, 1.807) is 6.07 Å². The Morgan fingerprint density at radius 1 is 1.21 bits per heavy atom. The van der Waals surface area contributed by atoms with Crippen molar-refractivity contribution >= 4 is 17.5 Å². The van der Waals surface area contributed by atoms with Gasteiger partial charge in [0.15, 0.2) is 5.78 Å². The van der Waals surface area contributed by atoms with E-state index in [0.717, 1.165) is 16.3 Å². The van der Waals surface area contributed by atoms with Crippen LogP contribution in [0.25, 0.3) is 11.5 Å². The molecule has 2 aromatic heterocycles. The molecule has 0 aliphatic heterocycles. The minimum atomic E-state index is -4.38. The van der Waals surface area contributed by atoms with E-state index in [1.165, 1.54) is 38.1 Å². The third-order valence-electron chi connectivity index (χ3n) is 4.05. The molecule has 2 heterocycles. The number of carbonyl (C=O) groups excluding carboxylic acids is 1. The van der Waals surface area contributed by atoms with Crippen molar-refractivity contribution in [3.8, 4) is 11.5 Å². The number of nitrogens with zero attached hydrogens (tertiary/aromatic N) is 3. The second-order valence-electron chi connectivity index (χ2n) is 6.05. The van der Waals surface area contributed by atoms with Crippen LogP contribution in [0, 0.1) is 19.7 Å². The van der Waals surface area contributed by atoms with Crippen molar-refractivity contribution in [2.45, 2.75) is 31.8 Å². The van der Waals surface area contributed by atoms with Crippen molar-refractivity contribution in [3.05, 3.63) is 53.1 Å². The van der Waals surface area contributed by atoms with Gasteiger partial charge in [0.25, 0.3) is 11.1 Å². The van der Waals surface area contributed by atoms with Gasteiger partial charge in [0.1, 0.15) is 12.4 Å². The van der Waals surface area contributed by atoms with Crippen LogP contribution in [0.5, 0.6) is 0 Å². The molecule has 10 heteroatoms. The molecular weight excluding hydrogens is 398 g/mol. The Kier molecular flexibility index (Phi) is 5.59. The quantitative estimate of drug-likeness (QED) is 0.329. The number of carbonyl (C=O) groups is 1. The number of hydrogen-bond donors (Lipinski definition) is 0. The number of rotatable bonds is 6. The molecule has 0 amide bonds. The summed E-state index contributed by atoms with van der Waals surface area (Å²) in [5.74, 6) is -1.00. The number of aryl methyl sites for hydroxylation is 1. The molecule has 0 N–H and O–H groups in total. The normalized spacial score (nSPS) is 11.8. The minimum Gasteiger partial charge on any atom is -0.411 e. The molecule has 0 fully saturated rings. The molecule has 0 bridgehead atoms.